The second-order valence-corrected chi connectivity index (χ2v) is 11.8. The average molecular weight is 599 g/mol. The van der Waals surface area contributed by atoms with Gasteiger partial charge in [-0.05, 0) is 98.0 Å². The van der Waals surface area contributed by atoms with E-state index in [1.165, 1.54) is 24.8 Å². The van der Waals surface area contributed by atoms with Gasteiger partial charge in [0.05, 0.1) is 16.6 Å². The van der Waals surface area contributed by atoms with Crippen LogP contribution in [0.5, 0.6) is 5.75 Å². The molecule has 226 valence electrons. The number of hydrogen-bond donors (Lipinski definition) is 1. The number of aryl methyl sites for hydroxylation is 2. The lowest BCUT2D eigenvalue weighted by Gasteiger charge is -2.25. The number of aromatic carboxylic acids is 1. The summed E-state index contributed by atoms with van der Waals surface area (Å²) in [6.45, 7) is 4.23. The van der Waals surface area contributed by atoms with Gasteiger partial charge in [0.1, 0.15) is 18.2 Å². The molecule has 2 heterocycles. The van der Waals surface area contributed by atoms with E-state index in [0.717, 1.165) is 57.7 Å². The molecule has 0 bridgehead atoms. The van der Waals surface area contributed by atoms with Crippen molar-refractivity contribution in [2.75, 3.05) is 0 Å². The highest BCUT2D eigenvalue weighted by molar-refractivity contribution is 5.93. The fraction of sp³-hybridized carbons (Fsp3) is 0.243. The molecule has 2 aromatic heterocycles. The van der Waals surface area contributed by atoms with E-state index >= 15 is 0 Å². The van der Waals surface area contributed by atoms with Crippen LogP contribution in [-0.2, 0) is 6.61 Å². The predicted octanol–water partition coefficient (Wildman–Crippen LogP) is 8.82. The fourth-order valence-corrected chi connectivity index (χ4v) is 6.28. The molecule has 1 N–H and O–H groups in total. The van der Waals surface area contributed by atoms with Crippen LogP contribution < -0.4 is 4.74 Å². The molecule has 0 atom stereocenters. The number of rotatable bonds is 8. The second-order valence-electron chi connectivity index (χ2n) is 11.8. The van der Waals surface area contributed by atoms with Crippen LogP contribution in [0.25, 0.3) is 45.0 Å². The molecule has 1 aliphatic rings. The molecule has 0 radical (unpaired) electrons. The summed E-state index contributed by atoms with van der Waals surface area (Å²) >= 11 is 0. The van der Waals surface area contributed by atoms with Crippen LogP contribution in [0.3, 0.4) is 0 Å². The molecular formula is C37H34N4O4. The topological polar surface area (TPSA) is 103 Å². The molecule has 7 rings (SSSR count). The van der Waals surface area contributed by atoms with Gasteiger partial charge in [-0.25, -0.2) is 9.78 Å². The Morgan fingerprint density at radius 2 is 1.60 bits per heavy atom. The second kappa shape index (κ2) is 12.0. The molecular weight excluding hydrogens is 564 g/mol. The van der Waals surface area contributed by atoms with Gasteiger partial charge in [-0.1, -0.05) is 60.3 Å². The zero-order valence-electron chi connectivity index (χ0n) is 25.4. The zero-order chi connectivity index (χ0) is 30.9. The molecule has 45 heavy (non-hydrogen) atoms. The van der Waals surface area contributed by atoms with Crippen LogP contribution >= 0.6 is 0 Å². The molecule has 8 heteroatoms. The van der Waals surface area contributed by atoms with Crippen LogP contribution in [0.15, 0.2) is 89.5 Å². The Bertz CT molecular complexity index is 1980. The van der Waals surface area contributed by atoms with Crippen LogP contribution in [0, 0.1) is 13.8 Å². The molecule has 8 nitrogen and oxygen atoms in total. The van der Waals surface area contributed by atoms with Crippen LogP contribution in [0.2, 0.25) is 0 Å². The van der Waals surface area contributed by atoms with Gasteiger partial charge in [0.15, 0.2) is 5.82 Å². The highest BCUT2D eigenvalue weighted by atomic mass is 16.5. The lowest BCUT2D eigenvalue weighted by atomic mass is 9.95. The maximum absolute atomic E-state index is 11.7. The molecule has 6 aromatic rings. The van der Waals surface area contributed by atoms with E-state index in [1.54, 1.807) is 19.1 Å². The largest absolute Gasteiger partial charge is 0.489 e. The van der Waals surface area contributed by atoms with E-state index in [0.29, 0.717) is 29.9 Å². The van der Waals surface area contributed by atoms with Gasteiger partial charge >= 0.3 is 5.97 Å². The fourth-order valence-electron chi connectivity index (χ4n) is 6.28. The number of fused-ring (bicyclic) bond motifs is 1. The summed E-state index contributed by atoms with van der Waals surface area (Å²) in [5.41, 5.74) is 8.12. The number of carboxylic acid groups (broad SMARTS) is 1. The minimum Gasteiger partial charge on any atom is -0.489 e. The molecule has 0 amide bonds. The minimum atomic E-state index is -0.949. The van der Waals surface area contributed by atoms with Crippen molar-refractivity contribution in [3.8, 4) is 39.7 Å². The van der Waals surface area contributed by atoms with Gasteiger partial charge in [0.2, 0.25) is 0 Å². The third-order valence-electron chi connectivity index (χ3n) is 8.63. The molecule has 0 unspecified atom stereocenters. The average Bonchev–Trinajstić information content (AvgIpc) is 3.68. The molecule has 1 saturated carbocycles. The van der Waals surface area contributed by atoms with Crippen molar-refractivity contribution in [3.63, 3.8) is 0 Å². The minimum absolute atomic E-state index is 0.245. The maximum atomic E-state index is 11.7. The summed E-state index contributed by atoms with van der Waals surface area (Å²) in [7, 11) is 0. The first-order valence-corrected chi connectivity index (χ1v) is 15.4. The smallest absolute Gasteiger partial charge is 0.335 e. The van der Waals surface area contributed by atoms with Crippen LogP contribution in [-0.4, -0.2) is 30.8 Å². The van der Waals surface area contributed by atoms with Crippen molar-refractivity contribution in [1.29, 1.82) is 0 Å². The van der Waals surface area contributed by atoms with Crippen molar-refractivity contribution in [1.82, 2.24) is 19.7 Å². The van der Waals surface area contributed by atoms with Gasteiger partial charge in [-0.15, -0.1) is 0 Å². The number of ether oxygens (including phenoxy) is 1. The molecule has 4 aromatic carbocycles. The van der Waals surface area contributed by atoms with Crippen molar-refractivity contribution in [3.05, 3.63) is 107 Å². The van der Waals surface area contributed by atoms with E-state index in [9.17, 15) is 9.90 Å². The van der Waals surface area contributed by atoms with Gasteiger partial charge in [-0.3, -0.25) is 0 Å². The number of carbonyl (C=O) groups is 1. The summed E-state index contributed by atoms with van der Waals surface area (Å²) in [6, 6.07) is 28.2. The first-order chi connectivity index (χ1) is 21.9. The summed E-state index contributed by atoms with van der Waals surface area (Å²) in [5, 5.41) is 13.5. The Labute approximate surface area is 261 Å². The molecule has 0 spiro atoms. The molecule has 0 aliphatic heterocycles. The van der Waals surface area contributed by atoms with Gasteiger partial charge in [0, 0.05) is 17.2 Å². The molecule has 1 aliphatic carbocycles. The number of imidazole rings is 1. The first kappa shape index (κ1) is 28.5. The quantitative estimate of drug-likeness (QED) is 0.187. The lowest BCUT2D eigenvalue weighted by molar-refractivity contribution is 0.0697. The third-order valence-corrected chi connectivity index (χ3v) is 8.63. The monoisotopic (exact) mass is 598 g/mol. The Morgan fingerprint density at radius 1 is 0.867 bits per heavy atom. The Balaban J connectivity index is 1.19. The summed E-state index contributed by atoms with van der Waals surface area (Å²) < 4.78 is 14.1. The number of nitrogens with zero attached hydrogens (tertiary/aromatic N) is 4. The third kappa shape index (κ3) is 5.83. The van der Waals surface area contributed by atoms with Crippen LogP contribution in [0.4, 0.5) is 0 Å². The van der Waals surface area contributed by atoms with Crippen molar-refractivity contribution >= 4 is 17.0 Å². The number of aromatic nitrogens is 4. The number of hydrogen-bond acceptors (Lipinski definition) is 6. The summed E-state index contributed by atoms with van der Waals surface area (Å²) in [5.74, 6) is 1.71. The molecule has 1 fully saturated rings. The van der Waals surface area contributed by atoms with Gasteiger partial charge < -0.3 is 18.9 Å². The summed E-state index contributed by atoms with van der Waals surface area (Å²) in [6.07, 6.45) is 5.79. The van der Waals surface area contributed by atoms with E-state index in [2.05, 4.69) is 58.0 Å². The molecule has 0 saturated heterocycles. The Morgan fingerprint density at radius 3 is 2.31 bits per heavy atom. The van der Waals surface area contributed by atoms with E-state index < -0.39 is 5.97 Å². The highest BCUT2D eigenvalue weighted by Crippen LogP contribution is 2.37. The first-order valence-electron chi connectivity index (χ1n) is 15.4. The van der Waals surface area contributed by atoms with E-state index in [1.807, 2.05) is 36.4 Å². The number of benzene rings is 4. The van der Waals surface area contributed by atoms with E-state index in [-0.39, 0.29) is 5.56 Å². The maximum Gasteiger partial charge on any atom is 0.335 e. The van der Waals surface area contributed by atoms with Crippen molar-refractivity contribution in [2.24, 2.45) is 0 Å². The predicted molar refractivity (Wildman–Crippen MR) is 173 cm³/mol. The lowest BCUT2D eigenvalue weighted by Crippen LogP contribution is -2.14. The van der Waals surface area contributed by atoms with Crippen molar-refractivity contribution in [2.45, 2.75) is 58.6 Å². The zero-order valence-corrected chi connectivity index (χ0v) is 25.4. The normalized spacial score (nSPS) is 13.7. The van der Waals surface area contributed by atoms with Crippen molar-refractivity contribution < 1.29 is 19.2 Å². The standard InChI is InChI=1S/C37H34N4O4/c1-23-8-10-25(11-9-23)32-18-14-27(36-38-24(2)40-45-36)20-29(32)22-44-31-16-12-26(13-17-31)35-39-33-21-28(37(42)43)15-19-34(33)41(35)30-6-4-3-5-7-30/h8-21,30H,3-7,22H2,1-2H3,(H,42,43). The SMILES string of the molecule is Cc1ccc(-c2ccc(-c3nc(C)no3)cc2COc2ccc(-c3nc4cc(C(=O)O)ccc4n3C3CCCCC3)cc2)cc1. The Hall–Kier alpha value is -5.24. The van der Waals surface area contributed by atoms with Gasteiger partial charge in [-0.2, -0.15) is 4.98 Å². The Kier molecular flexibility index (Phi) is 7.63. The number of carboxylic acids is 1. The van der Waals surface area contributed by atoms with Crippen LogP contribution in [0.1, 0.15) is 65.5 Å². The van der Waals surface area contributed by atoms with Gasteiger partial charge in [0.25, 0.3) is 5.89 Å². The summed E-state index contributed by atoms with van der Waals surface area (Å²) in [4.78, 5) is 21.0. The van der Waals surface area contributed by atoms with E-state index in [4.69, 9.17) is 14.2 Å². The highest BCUT2D eigenvalue weighted by Gasteiger charge is 2.23.